The van der Waals surface area contributed by atoms with Crippen LogP contribution in [0.1, 0.15) is 85.3 Å². The van der Waals surface area contributed by atoms with Gasteiger partial charge in [-0.05, 0) is 58.1 Å². The Labute approximate surface area is 265 Å². The average Bonchev–Trinajstić information content (AvgIpc) is 3.02. The van der Waals surface area contributed by atoms with Crippen molar-refractivity contribution < 1.29 is 24.9 Å². The number of carboxylic acid groups (broad SMARTS) is 1. The molecular formula is C40H40O5. The highest BCUT2D eigenvalue weighted by Crippen LogP contribution is 2.47. The molecule has 0 heterocycles. The van der Waals surface area contributed by atoms with Gasteiger partial charge in [0.25, 0.3) is 0 Å². The summed E-state index contributed by atoms with van der Waals surface area (Å²) < 4.78 is 6.52. The summed E-state index contributed by atoms with van der Waals surface area (Å²) in [6.45, 7) is 12.5. The molecule has 5 nitrogen and oxygen atoms in total. The van der Waals surface area contributed by atoms with Crippen molar-refractivity contribution in [1.29, 1.82) is 0 Å². The van der Waals surface area contributed by atoms with Gasteiger partial charge in [-0.25, -0.2) is 4.79 Å². The normalized spacial score (nSPS) is 12.1. The monoisotopic (exact) mass is 600 g/mol. The fourth-order valence-corrected chi connectivity index (χ4v) is 5.89. The molecule has 0 fully saturated rings. The van der Waals surface area contributed by atoms with Crippen LogP contribution < -0.4 is 4.74 Å². The topological polar surface area (TPSA) is 87.0 Å². The minimum atomic E-state index is -1.19. The Morgan fingerprint density at radius 2 is 1.09 bits per heavy atom. The fraction of sp³-hybridized carbons (Fsp3) is 0.225. The third kappa shape index (κ3) is 6.03. The van der Waals surface area contributed by atoms with E-state index in [9.17, 15) is 20.1 Å². The van der Waals surface area contributed by atoms with Gasteiger partial charge in [0.2, 0.25) is 0 Å². The van der Waals surface area contributed by atoms with Gasteiger partial charge in [-0.15, -0.1) is 0 Å². The summed E-state index contributed by atoms with van der Waals surface area (Å²) in [4.78, 5) is 11.7. The highest BCUT2D eigenvalue weighted by Gasteiger charge is 2.33. The van der Waals surface area contributed by atoms with Crippen molar-refractivity contribution in [3.8, 4) is 23.0 Å². The Balaban J connectivity index is 1.61. The lowest BCUT2D eigenvalue weighted by Gasteiger charge is -2.32. The van der Waals surface area contributed by atoms with E-state index < -0.39 is 16.8 Å². The largest absolute Gasteiger partial charge is 0.507 e. The lowest BCUT2D eigenvalue weighted by Crippen LogP contribution is -2.23. The molecule has 5 heteroatoms. The van der Waals surface area contributed by atoms with Crippen LogP contribution in [-0.2, 0) is 16.2 Å². The minimum Gasteiger partial charge on any atom is -0.507 e. The van der Waals surface area contributed by atoms with Crippen LogP contribution in [0.25, 0.3) is 0 Å². The van der Waals surface area contributed by atoms with Gasteiger partial charge < -0.3 is 20.1 Å². The molecule has 0 aromatic heterocycles. The summed E-state index contributed by atoms with van der Waals surface area (Å²) in [5, 5.41) is 31.4. The van der Waals surface area contributed by atoms with Crippen LogP contribution in [0.3, 0.4) is 0 Å². The van der Waals surface area contributed by atoms with Gasteiger partial charge in [0.05, 0.1) is 0 Å². The molecule has 5 aromatic carbocycles. The van der Waals surface area contributed by atoms with Crippen LogP contribution in [0.15, 0.2) is 115 Å². The summed E-state index contributed by atoms with van der Waals surface area (Å²) in [7, 11) is 0. The van der Waals surface area contributed by atoms with Gasteiger partial charge in [-0.1, -0.05) is 126 Å². The second kappa shape index (κ2) is 11.8. The smallest absolute Gasteiger partial charge is 0.339 e. The van der Waals surface area contributed by atoms with Crippen molar-refractivity contribution in [2.24, 2.45) is 0 Å². The third-order valence-electron chi connectivity index (χ3n) is 9.19. The Hall–Kier alpha value is -5.03. The van der Waals surface area contributed by atoms with Gasteiger partial charge in [0.15, 0.2) is 11.5 Å². The second-order valence-electron chi connectivity index (χ2n) is 13.1. The van der Waals surface area contributed by atoms with Crippen molar-refractivity contribution in [3.05, 3.63) is 154 Å². The molecule has 5 aromatic rings. The maximum Gasteiger partial charge on any atom is 0.339 e. The number of phenols is 2. The van der Waals surface area contributed by atoms with Crippen LogP contribution in [0, 0.1) is 0 Å². The number of aromatic carboxylic acids is 1. The molecule has 230 valence electrons. The molecule has 0 amide bonds. The Bertz CT molecular complexity index is 1840. The van der Waals surface area contributed by atoms with Crippen molar-refractivity contribution >= 4 is 5.97 Å². The molecule has 0 bridgehead atoms. The number of aromatic hydroxyl groups is 2. The van der Waals surface area contributed by atoms with E-state index in [1.165, 1.54) is 12.1 Å². The maximum absolute atomic E-state index is 11.8. The molecule has 0 saturated heterocycles. The first-order chi connectivity index (χ1) is 21.2. The van der Waals surface area contributed by atoms with Crippen molar-refractivity contribution in [2.45, 2.75) is 57.8 Å². The number of phenolic OH excluding ortho intramolecular Hbond substituents is 1. The number of carboxylic acids is 1. The van der Waals surface area contributed by atoms with E-state index in [0.29, 0.717) is 11.5 Å². The molecule has 0 aliphatic heterocycles. The zero-order valence-corrected chi connectivity index (χ0v) is 26.6. The summed E-state index contributed by atoms with van der Waals surface area (Å²) >= 11 is 0. The minimum absolute atomic E-state index is 0.0748. The van der Waals surface area contributed by atoms with Crippen LogP contribution in [0.4, 0.5) is 0 Å². The first-order valence-electron chi connectivity index (χ1n) is 15.1. The quantitative estimate of drug-likeness (QED) is 0.157. The van der Waals surface area contributed by atoms with Crippen LogP contribution in [0.2, 0.25) is 0 Å². The zero-order chi connectivity index (χ0) is 32.6. The molecule has 0 radical (unpaired) electrons. The van der Waals surface area contributed by atoms with E-state index >= 15 is 0 Å². The molecule has 0 atom stereocenters. The molecular weight excluding hydrogens is 560 g/mol. The zero-order valence-electron chi connectivity index (χ0n) is 26.6. The van der Waals surface area contributed by atoms with E-state index in [2.05, 4.69) is 58.0 Å². The predicted octanol–water partition coefficient (Wildman–Crippen LogP) is 9.57. The molecule has 3 N–H and O–H groups in total. The standard InChI is InChI=1S/C40H40O5/c1-38(2,26-14-9-7-10-15-26)30-24-33(40(5,6)27-16-11-8-12-17-27)36(42)35(25-30)45-31-19-13-18-28(22-31)39(3,4)29-20-21-34(41)32(23-29)37(43)44/h7-25,41-42H,1-6H3,(H,43,44). The van der Waals surface area contributed by atoms with Gasteiger partial charge in [-0.2, -0.15) is 0 Å². The maximum atomic E-state index is 11.8. The number of carbonyl (C=O) groups is 1. The van der Waals surface area contributed by atoms with E-state index in [1.54, 1.807) is 6.07 Å². The number of benzene rings is 5. The predicted molar refractivity (Wildman–Crippen MR) is 179 cm³/mol. The third-order valence-corrected chi connectivity index (χ3v) is 9.19. The Morgan fingerprint density at radius 1 is 0.556 bits per heavy atom. The highest BCUT2D eigenvalue weighted by atomic mass is 16.5. The molecule has 0 saturated carbocycles. The molecule has 0 aliphatic rings. The van der Waals surface area contributed by atoms with E-state index in [4.69, 9.17) is 4.74 Å². The SMILES string of the molecule is CC(C)(c1cccc(Oc2cc(C(C)(C)c3ccccc3)cc(C(C)(C)c3ccccc3)c2O)c1)c1ccc(O)c(C(=O)O)c1. The van der Waals surface area contributed by atoms with Crippen molar-refractivity contribution in [3.63, 3.8) is 0 Å². The van der Waals surface area contributed by atoms with Gasteiger partial charge in [0.1, 0.15) is 17.1 Å². The van der Waals surface area contributed by atoms with E-state index in [1.807, 2.05) is 80.6 Å². The number of hydrogen-bond donors (Lipinski definition) is 3. The number of rotatable bonds is 9. The molecule has 45 heavy (non-hydrogen) atoms. The van der Waals surface area contributed by atoms with E-state index in [0.717, 1.165) is 33.4 Å². The average molecular weight is 601 g/mol. The summed E-state index contributed by atoms with van der Waals surface area (Å²) in [6, 6.07) is 36.7. The summed E-state index contributed by atoms with van der Waals surface area (Å²) in [6.07, 6.45) is 0. The van der Waals surface area contributed by atoms with Crippen molar-refractivity contribution in [1.82, 2.24) is 0 Å². The lowest BCUT2D eigenvalue weighted by molar-refractivity contribution is 0.0693. The highest BCUT2D eigenvalue weighted by molar-refractivity contribution is 5.91. The Kier molecular flexibility index (Phi) is 8.24. The van der Waals surface area contributed by atoms with Gasteiger partial charge in [0, 0.05) is 21.8 Å². The molecule has 0 aliphatic carbocycles. The van der Waals surface area contributed by atoms with Crippen LogP contribution >= 0.6 is 0 Å². The fourth-order valence-electron chi connectivity index (χ4n) is 5.89. The first-order valence-corrected chi connectivity index (χ1v) is 15.1. The molecule has 0 spiro atoms. The molecule has 5 rings (SSSR count). The van der Waals surface area contributed by atoms with Gasteiger partial charge >= 0.3 is 5.97 Å². The first kappa shape index (κ1) is 31.4. The summed E-state index contributed by atoms with van der Waals surface area (Å²) in [5.74, 6) is -0.507. The Morgan fingerprint density at radius 3 is 1.69 bits per heavy atom. The van der Waals surface area contributed by atoms with Crippen LogP contribution in [0.5, 0.6) is 23.0 Å². The van der Waals surface area contributed by atoms with Crippen LogP contribution in [-0.4, -0.2) is 21.3 Å². The summed E-state index contributed by atoms with van der Waals surface area (Å²) in [5.41, 5.74) is 3.90. The van der Waals surface area contributed by atoms with Gasteiger partial charge in [-0.3, -0.25) is 0 Å². The van der Waals surface area contributed by atoms with Crippen molar-refractivity contribution in [2.75, 3.05) is 0 Å². The molecule has 0 unspecified atom stereocenters. The lowest BCUT2D eigenvalue weighted by atomic mass is 9.73. The number of hydrogen-bond acceptors (Lipinski definition) is 4. The number of ether oxygens (including phenoxy) is 1. The second-order valence-corrected chi connectivity index (χ2v) is 13.1. The van der Waals surface area contributed by atoms with E-state index in [-0.39, 0.29) is 22.5 Å².